The SMILES string of the molecule is NC(N)=NCCC[C@@H]1NC(=O)CNC(=O)C[C@@H](C(=O)O)NC(=O)C[C@H]2NC(=O)[C@H](CNC1=O)N(Cc1ccccc1)C2=O. The number of hydrogen-bond acceptors (Lipinski definition) is 8. The molecular formula is C26H35N9O8. The fourth-order valence-electron chi connectivity index (χ4n) is 4.55. The van der Waals surface area contributed by atoms with Crippen LogP contribution in [0.15, 0.2) is 35.3 Å². The van der Waals surface area contributed by atoms with Crippen molar-refractivity contribution in [3.63, 3.8) is 0 Å². The van der Waals surface area contributed by atoms with E-state index in [4.69, 9.17) is 11.5 Å². The Morgan fingerprint density at radius 3 is 2.30 bits per heavy atom. The molecule has 1 aromatic rings. The van der Waals surface area contributed by atoms with E-state index >= 15 is 0 Å². The molecule has 3 aliphatic rings. The second-order valence-electron chi connectivity index (χ2n) is 9.99. The van der Waals surface area contributed by atoms with Crippen LogP contribution < -0.4 is 38.1 Å². The lowest BCUT2D eigenvalue weighted by molar-refractivity contribution is -0.151. The number of amides is 6. The Balaban J connectivity index is 1.90. The fraction of sp³-hybridized carbons (Fsp3) is 0.462. The molecule has 4 rings (SSSR count). The number of nitrogens with two attached hydrogens (primary N) is 2. The molecule has 3 fully saturated rings. The maximum absolute atomic E-state index is 13.5. The van der Waals surface area contributed by atoms with E-state index < -0.39 is 85.0 Å². The summed E-state index contributed by atoms with van der Waals surface area (Å²) in [7, 11) is 0. The molecule has 4 atom stereocenters. The van der Waals surface area contributed by atoms with Crippen molar-refractivity contribution in [1.82, 2.24) is 31.5 Å². The lowest BCUT2D eigenvalue weighted by Gasteiger charge is -2.39. The molecule has 3 aliphatic heterocycles. The quantitative estimate of drug-likeness (QED) is 0.0650. The molecule has 1 aromatic carbocycles. The van der Waals surface area contributed by atoms with E-state index in [1.807, 2.05) is 0 Å². The third-order valence-electron chi connectivity index (χ3n) is 6.70. The number of guanidine groups is 1. The number of benzene rings is 1. The number of carbonyl (C=O) groups excluding carboxylic acids is 6. The highest BCUT2D eigenvalue weighted by atomic mass is 16.4. The van der Waals surface area contributed by atoms with Crippen molar-refractivity contribution in [1.29, 1.82) is 0 Å². The monoisotopic (exact) mass is 601 g/mol. The third-order valence-corrected chi connectivity index (χ3v) is 6.70. The summed E-state index contributed by atoms with van der Waals surface area (Å²) in [5.74, 6) is -6.15. The number of nitrogens with zero attached hydrogens (tertiary/aromatic N) is 2. The summed E-state index contributed by atoms with van der Waals surface area (Å²) in [5.41, 5.74) is 11.3. The number of rotatable bonds is 7. The van der Waals surface area contributed by atoms with Crippen molar-refractivity contribution < 1.29 is 38.7 Å². The van der Waals surface area contributed by atoms with E-state index in [-0.39, 0.29) is 38.4 Å². The van der Waals surface area contributed by atoms with Gasteiger partial charge in [0.25, 0.3) is 0 Å². The Bertz CT molecular complexity index is 1270. The molecule has 0 aliphatic carbocycles. The lowest BCUT2D eigenvalue weighted by atomic mass is 10.0. The number of hydrogen-bond donors (Lipinski definition) is 8. The molecule has 3 heterocycles. The fourth-order valence-corrected chi connectivity index (χ4v) is 4.55. The number of aliphatic imine (C=N–C) groups is 1. The summed E-state index contributed by atoms with van der Waals surface area (Å²) in [5, 5.41) is 21.5. The Kier molecular flexibility index (Phi) is 11.4. The molecule has 0 radical (unpaired) electrons. The van der Waals surface area contributed by atoms with Crippen LogP contribution in [0.5, 0.6) is 0 Å². The van der Waals surface area contributed by atoms with Crippen molar-refractivity contribution in [2.75, 3.05) is 19.6 Å². The summed E-state index contributed by atoms with van der Waals surface area (Å²) < 4.78 is 0. The average molecular weight is 602 g/mol. The highest BCUT2D eigenvalue weighted by Crippen LogP contribution is 2.17. The van der Waals surface area contributed by atoms with Crippen molar-refractivity contribution >= 4 is 47.4 Å². The van der Waals surface area contributed by atoms with Gasteiger partial charge >= 0.3 is 5.97 Å². The van der Waals surface area contributed by atoms with Gasteiger partial charge in [-0.15, -0.1) is 0 Å². The highest BCUT2D eigenvalue weighted by molar-refractivity contribution is 6.00. The smallest absolute Gasteiger partial charge is 0.326 e. The van der Waals surface area contributed by atoms with Crippen LogP contribution in [0.25, 0.3) is 0 Å². The van der Waals surface area contributed by atoms with E-state index in [9.17, 15) is 38.7 Å². The third kappa shape index (κ3) is 9.68. The van der Waals surface area contributed by atoms with Crippen LogP contribution >= 0.6 is 0 Å². The van der Waals surface area contributed by atoms with Crippen molar-refractivity contribution in [3.8, 4) is 0 Å². The van der Waals surface area contributed by atoms with Crippen LogP contribution in [-0.4, -0.2) is 101 Å². The second-order valence-corrected chi connectivity index (χ2v) is 9.99. The predicted octanol–water partition coefficient (Wildman–Crippen LogP) is -3.98. The first kappa shape index (κ1) is 32.3. The molecule has 0 aromatic heterocycles. The zero-order chi connectivity index (χ0) is 31.5. The van der Waals surface area contributed by atoms with Gasteiger partial charge in [-0.1, -0.05) is 30.3 Å². The summed E-state index contributed by atoms with van der Waals surface area (Å²) in [4.78, 5) is 94.4. The maximum Gasteiger partial charge on any atom is 0.326 e. The van der Waals surface area contributed by atoms with Gasteiger partial charge in [0.15, 0.2) is 5.96 Å². The Labute approximate surface area is 246 Å². The highest BCUT2D eigenvalue weighted by Gasteiger charge is 2.42. The number of carboxylic acid groups (broad SMARTS) is 1. The van der Waals surface area contributed by atoms with Crippen LogP contribution in [0.4, 0.5) is 0 Å². The topological polar surface area (TPSA) is 268 Å². The van der Waals surface area contributed by atoms with Crippen LogP contribution in [0.3, 0.4) is 0 Å². The standard InChI is InChI=1S/C26H35N9O8/c27-26(28)29-8-4-7-15-22(39)31-11-18-23(40)34-16(24(41)35(18)13-14-5-2-1-3-6-14)9-20(37)33-17(25(42)43)10-19(36)30-12-21(38)32-15/h1-3,5-6,15-18H,4,7-13H2,(H,30,36)(H,31,39)(H,32,38)(H,33,37)(H,34,40)(H,42,43)(H4,27,28,29)/t15-,16+,17-,18-/m0/s1. The average Bonchev–Trinajstić information content (AvgIpc) is 2.95. The molecule has 0 spiro atoms. The van der Waals surface area contributed by atoms with Gasteiger partial charge in [0.2, 0.25) is 35.4 Å². The Morgan fingerprint density at radius 1 is 0.907 bits per heavy atom. The molecule has 17 nitrogen and oxygen atoms in total. The minimum absolute atomic E-state index is 0.0254. The van der Waals surface area contributed by atoms with Crippen LogP contribution in [0.2, 0.25) is 0 Å². The maximum atomic E-state index is 13.5. The van der Waals surface area contributed by atoms with Gasteiger partial charge in [-0.3, -0.25) is 33.8 Å². The minimum Gasteiger partial charge on any atom is -0.480 e. The van der Waals surface area contributed by atoms with E-state index in [0.717, 1.165) is 0 Å². The predicted molar refractivity (Wildman–Crippen MR) is 149 cm³/mol. The first-order valence-electron chi connectivity index (χ1n) is 13.5. The lowest BCUT2D eigenvalue weighted by Crippen LogP contribution is -2.66. The summed E-state index contributed by atoms with van der Waals surface area (Å²) in [6.45, 7) is -0.765. The van der Waals surface area contributed by atoms with Crippen LogP contribution in [0.1, 0.15) is 31.2 Å². The zero-order valence-electron chi connectivity index (χ0n) is 23.2. The Hall–Kier alpha value is -5.22. The molecule has 0 saturated carbocycles. The molecule has 2 bridgehead atoms. The van der Waals surface area contributed by atoms with E-state index in [0.29, 0.717) is 5.56 Å². The van der Waals surface area contributed by atoms with Gasteiger partial charge in [0.1, 0.15) is 24.2 Å². The summed E-state index contributed by atoms with van der Waals surface area (Å²) in [6.07, 6.45) is -0.946. The number of aliphatic carboxylic acids is 1. The van der Waals surface area contributed by atoms with Gasteiger partial charge in [0.05, 0.1) is 19.4 Å². The van der Waals surface area contributed by atoms with Gasteiger partial charge in [0, 0.05) is 19.6 Å². The molecule has 10 N–H and O–H groups in total. The zero-order valence-corrected chi connectivity index (χ0v) is 23.2. The molecule has 6 amide bonds. The molecule has 17 heteroatoms. The number of carboxylic acids is 1. The minimum atomic E-state index is -1.67. The first-order valence-corrected chi connectivity index (χ1v) is 13.5. The van der Waals surface area contributed by atoms with E-state index in [1.54, 1.807) is 30.3 Å². The van der Waals surface area contributed by atoms with Gasteiger partial charge in [-0.05, 0) is 18.4 Å². The molecule has 43 heavy (non-hydrogen) atoms. The molecular weight excluding hydrogens is 566 g/mol. The normalized spacial score (nSPS) is 24.0. The number of nitrogens with one attached hydrogen (secondary N) is 5. The Morgan fingerprint density at radius 2 is 1.63 bits per heavy atom. The van der Waals surface area contributed by atoms with Gasteiger partial charge < -0.3 is 48.1 Å². The second kappa shape index (κ2) is 15.1. The van der Waals surface area contributed by atoms with E-state index in [2.05, 4.69) is 31.6 Å². The summed E-state index contributed by atoms with van der Waals surface area (Å²) >= 11 is 0. The van der Waals surface area contributed by atoms with Gasteiger partial charge in [-0.25, -0.2) is 4.79 Å². The molecule has 0 unspecified atom stereocenters. The van der Waals surface area contributed by atoms with Crippen LogP contribution in [-0.2, 0) is 40.1 Å². The number of piperazine rings is 1. The molecule has 232 valence electrons. The molecule has 3 saturated heterocycles. The summed E-state index contributed by atoms with van der Waals surface area (Å²) in [6, 6.07) is 3.44. The largest absolute Gasteiger partial charge is 0.480 e. The van der Waals surface area contributed by atoms with E-state index in [1.165, 1.54) is 4.90 Å². The number of carbonyl (C=O) groups is 7. The van der Waals surface area contributed by atoms with Crippen molar-refractivity contribution in [2.24, 2.45) is 16.5 Å². The van der Waals surface area contributed by atoms with Crippen molar-refractivity contribution in [2.45, 2.75) is 56.4 Å². The van der Waals surface area contributed by atoms with Crippen LogP contribution in [0, 0.1) is 0 Å². The van der Waals surface area contributed by atoms with Gasteiger partial charge in [-0.2, -0.15) is 0 Å². The first-order chi connectivity index (χ1) is 20.4. The number of fused-ring (bicyclic) bond motifs is 15. The van der Waals surface area contributed by atoms with Crippen molar-refractivity contribution in [3.05, 3.63) is 35.9 Å².